The van der Waals surface area contributed by atoms with Crippen LogP contribution in [0, 0.1) is 0 Å². The fourth-order valence-electron chi connectivity index (χ4n) is 3.80. The predicted octanol–water partition coefficient (Wildman–Crippen LogP) is -1.76. The number of H-pyrrole nitrogens is 2. The zero-order valence-corrected chi connectivity index (χ0v) is 15.1. The maximum absolute atomic E-state index is 12.0. The Bertz CT molecular complexity index is 739. The van der Waals surface area contributed by atoms with Crippen molar-refractivity contribution in [3.05, 3.63) is 31.5 Å². The number of aromatic nitrogens is 3. The topological polar surface area (TPSA) is 136 Å². The number of likely N-dealkylation sites (N-methyl/N-ethyl adjacent to an activating group) is 1. The first kappa shape index (κ1) is 19.0. The number of aromatic amines is 2. The van der Waals surface area contributed by atoms with E-state index in [-0.39, 0.29) is 18.8 Å². The Labute approximate surface area is 149 Å². The third-order valence-corrected chi connectivity index (χ3v) is 5.27. The van der Waals surface area contributed by atoms with Crippen LogP contribution in [0.5, 0.6) is 0 Å². The molecule has 0 radical (unpaired) electrons. The molecule has 2 aliphatic heterocycles. The molecule has 2 fully saturated rings. The second-order valence-electron chi connectivity index (χ2n) is 6.91. The molecule has 3 atom stereocenters. The first-order valence-corrected chi connectivity index (χ1v) is 8.99. The van der Waals surface area contributed by atoms with Gasteiger partial charge in [-0.15, -0.1) is 0 Å². The lowest BCUT2D eigenvalue weighted by Crippen LogP contribution is -2.61. The number of aliphatic hydroxyl groups is 1. The molecule has 146 valence electrons. The molecule has 1 aromatic heterocycles. The molecule has 3 heterocycles. The van der Waals surface area contributed by atoms with E-state index in [1.165, 1.54) is 0 Å². The van der Waals surface area contributed by atoms with E-state index in [0.29, 0.717) is 39.1 Å². The molecule has 10 nitrogen and oxygen atoms in total. The Morgan fingerprint density at radius 1 is 1.12 bits per heavy atom. The fraction of sp³-hybridized carbons (Fsp3) is 0.812. The van der Waals surface area contributed by atoms with Gasteiger partial charge in [0.2, 0.25) is 0 Å². The Morgan fingerprint density at radius 2 is 1.58 bits per heavy atom. The van der Waals surface area contributed by atoms with Crippen molar-refractivity contribution in [2.45, 2.75) is 57.1 Å². The zero-order valence-electron chi connectivity index (χ0n) is 15.1. The maximum atomic E-state index is 12.0. The summed E-state index contributed by atoms with van der Waals surface area (Å²) in [6.07, 6.45) is 0.266. The number of nitrogens with zero attached hydrogens (tertiary/aromatic N) is 2. The highest BCUT2D eigenvalue weighted by Crippen LogP contribution is 2.38. The van der Waals surface area contributed by atoms with Crippen molar-refractivity contribution in [2.24, 2.45) is 0 Å². The summed E-state index contributed by atoms with van der Waals surface area (Å²) in [4.78, 5) is 41.4. The van der Waals surface area contributed by atoms with Crippen LogP contribution in [0.3, 0.4) is 0 Å². The van der Waals surface area contributed by atoms with E-state index in [0.717, 1.165) is 4.57 Å². The lowest BCUT2D eigenvalue weighted by molar-refractivity contribution is -0.0562. The van der Waals surface area contributed by atoms with Gasteiger partial charge in [0.1, 0.15) is 0 Å². The Kier molecular flexibility index (Phi) is 5.47. The fourth-order valence-corrected chi connectivity index (χ4v) is 3.80. The molecule has 0 bridgehead atoms. The van der Waals surface area contributed by atoms with Gasteiger partial charge >= 0.3 is 17.1 Å². The number of epoxide rings is 2. The SMILES string of the molecule is CCN(CC)C(CC1CO1)(CC1CO1)C(O)Cn1c(=O)[nH]c(=O)[nH]c1=O. The van der Waals surface area contributed by atoms with Crippen LogP contribution in [0.25, 0.3) is 0 Å². The van der Waals surface area contributed by atoms with Crippen molar-refractivity contribution in [3.63, 3.8) is 0 Å². The minimum atomic E-state index is -1.01. The molecule has 0 aromatic carbocycles. The number of rotatable bonds is 10. The zero-order chi connectivity index (χ0) is 18.9. The van der Waals surface area contributed by atoms with Crippen molar-refractivity contribution in [3.8, 4) is 0 Å². The van der Waals surface area contributed by atoms with Gasteiger partial charge in [0.25, 0.3) is 0 Å². The molecule has 1 aromatic rings. The van der Waals surface area contributed by atoms with Crippen molar-refractivity contribution < 1.29 is 14.6 Å². The lowest BCUT2D eigenvalue weighted by Gasteiger charge is -2.46. The van der Waals surface area contributed by atoms with Crippen LogP contribution in [0.2, 0.25) is 0 Å². The smallest absolute Gasteiger partial charge is 0.333 e. The summed E-state index contributed by atoms with van der Waals surface area (Å²) in [6.45, 7) is 6.46. The minimum Gasteiger partial charge on any atom is -0.389 e. The van der Waals surface area contributed by atoms with Gasteiger partial charge in [0.05, 0.1) is 43.6 Å². The van der Waals surface area contributed by atoms with Gasteiger partial charge < -0.3 is 14.6 Å². The average molecular weight is 370 g/mol. The largest absolute Gasteiger partial charge is 0.389 e. The van der Waals surface area contributed by atoms with Gasteiger partial charge in [-0.1, -0.05) is 13.8 Å². The van der Waals surface area contributed by atoms with Gasteiger partial charge in [0.15, 0.2) is 0 Å². The van der Waals surface area contributed by atoms with Crippen LogP contribution in [-0.2, 0) is 16.0 Å². The van der Waals surface area contributed by atoms with Crippen LogP contribution in [-0.4, -0.2) is 74.7 Å². The van der Waals surface area contributed by atoms with Crippen molar-refractivity contribution in [1.29, 1.82) is 0 Å². The third-order valence-electron chi connectivity index (χ3n) is 5.27. The number of nitrogens with one attached hydrogen (secondary N) is 2. The number of hydrogen-bond donors (Lipinski definition) is 3. The van der Waals surface area contributed by atoms with Crippen LogP contribution in [0.1, 0.15) is 26.7 Å². The molecule has 0 aliphatic carbocycles. The van der Waals surface area contributed by atoms with E-state index in [4.69, 9.17) is 9.47 Å². The minimum absolute atomic E-state index is 0.0505. The van der Waals surface area contributed by atoms with Crippen molar-refractivity contribution in [2.75, 3.05) is 26.3 Å². The second kappa shape index (κ2) is 7.47. The Balaban J connectivity index is 1.95. The van der Waals surface area contributed by atoms with Gasteiger partial charge in [0, 0.05) is 0 Å². The summed E-state index contributed by atoms with van der Waals surface area (Å²) < 4.78 is 11.6. The number of aliphatic hydroxyl groups excluding tert-OH is 1. The standard InChI is InChI=1S/C16H26N4O6/c1-3-19(4-2)16(5-10-8-25-10,6-11-9-26-11)12(21)7-20-14(23)17-13(22)18-15(20)24/h10-12,21H,3-9H2,1-2H3,(H2,17,18,22,23,24). The maximum Gasteiger partial charge on any atom is 0.333 e. The molecule has 0 spiro atoms. The Morgan fingerprint density at radius 3 is 1.96 bits per heavy atom. The summed E-state index contributed by atoms with van der Waals surface area (Å²) in [5, 5.41) is 11.2. The monoisotopic (exact) mass is 370 g/mol. The van der Waals surface area contributed by atoms with Crippen LogP contribution >= 0.6 is 0 Å². The molecule has 3 unspecified atom stereocenters. The number of hydrogen-bond acceptors (Lipinski definition) is 7. The average Bonchev–Trinajstić information content (AvgIpc) is 3.48. The molecule has 2 aliphatic rings. The van der Waals surface area contributed by atoms with E-state index >= 15 is 0 Å². The predicted molar refractivity (Wildman–Crippen MR) is 92.3 cm³/mol. The molecule has 0 amide bonds. The first-order chi connectivity index (χ1) is 12.4. The molecule has 2 saturated heterocycles. The van der Waals surface area contributed by atoms with E-state index in [2.05, 4.69) is 4.90 Å². The third kappa shape index (κ3) is 3.98. The molecule has 26 heavy (non-hydrogen) atoms. The van der Waals surface area contributed by atoms with Crippen LogP contribution < -0.4 is 17.1 Å². The summed E-state index contributed by atoms with van der Waals surface area (Å²) in [5.74, 6) is 0. The normalized spacial score (nSPS) is 25.1. The highest BCUT2D eigenvalue weighted by molar-refractivity contribution is 5.03. The van der Waals surface area contributed by atoms with Gasteiger partial charge in [-0.3, -0.25) is 14.9 Å². The highest BCUT2D eigenvalue weighted by Gasteiger charge is 2.50. The summed E-state index contributed by atoms with van der Waals surface area (Å²) in [5.41, 5.74) is -3.22. The van der Waals surface area contributed by atoms with Crippen molar-refractivity contribution in [1.82, 2.24) is 19.4 Å². The van der Waals surface area contributed by atoms with E-state index in [1.807, 2.05) is 23.8 Å². The lowest BCUT2D eigenvalue weighted by atomic mass is 9.80. The van der Waals surface area contributed by atoms with Gasteiger partial charge in [-0.25, -0.2) is 19.0 Å². The second-order valence-corrected chi connectivity index (χ2v) is 6.91. The van der Waals surface area contributed by atoms with E-state index < -0.39 is 28.7 Å². The molecule has 3 rings (SSSR count). The van der Waals surface area contributed by atoms with E-state index in [9.17, 15) is 19.5 Å². The van der Waals surface area contributed by atoms with Gasteiger partial charge in [-0.05, 0) is 25.9 Å². The molecular formula is C16H26N4O6. The molecule has 10 heteroatoms. The van der Waals surface area contributed by atoms with Crippen LogP contribution in [0.15, 0.2) is 14.4 Å². The van der Waals surface area contributed by atoms with E-state index in [1.54, 1.807) is 0 Å². The quantitative estimate of drug-likeness (QED) is 0.415. The highest BCUT2D eigenvalue weighted by atomic mass is 16.6. The van der Waals surface area contributed by atoms with Crippen molar-refractivity contribution >= 4 is 0 Å². The molecular weight excluding hydrogens is 344 g/mol. The summed E-state index contributed by atoms with van der Waals surface area (Å²) >= 11 is 0. The first-order valence-electron chi connectivity index (χ1n) is 8.99. The van der Waals surface area contributed by atoms with Crippen LogP contribution in [0.4, 0.5) is 0 Å². The summed E-state index contributed by atoms with van der Waals surface area (Å²) in [7, 11) is 0. The molecule has 0 saturated carbocycles. The Hall–Kier alpha value is -1.75. The number of ether oxygens (including phenoxy) is 2. The summed E-state index contributed by atoms with van der Waals surface area (Å²) in [6, 6.07) is 0. The van der Waals surface area contributed by atoms with Gasteiger partial charge in [-0.2, -0.15) is 0 Å². The molecule has 3 N–H and O–H groups in total.